The van der Waals surface area contributed by atoms with Gasteiger partial charge in [0.2, 0.25) is 5.89 Å². The third kappa shape index (κ3) is 2.09. The number of hydrogen-bond donors (Lipinski definition) is 0. The van der Waals surface area contributed by atoms with Crippen molar-refractivity contribution in [2.45, 2.75) is 19.9 Å². The second-order valence-electron chi connectivity index (χ2n) is 3.50. The molecule has 0 aromatic carbocycles. The number of nitrogens with zero attached hydrogens (tertiary/aromatic N) is 3. The normalized spacial score (nSPS) is 21.0. The summed E-state index contributed by atoms with van der Waals surface area (Å²) in [5.41, 5.74) is 0. The van der Waals surface area contributed by atoms with Crippen molar-refractivity contribution < 1.29 is 4.52 Å². The van der Waals surface area contributed by atoms with E-state index in [2.05, 4.69) is 22.0 Å². The number of aryl methyl sites for hydroxylation is 1. The lowest BCUT2D eigenvalue weighted by Crippen LogP contribution is -2.34. The number of rotatable bonds is 2. The predicted octanol–water partition coefficient (Wildman–Crippen LogP) is 1.49. The van der Waals surface area contributed by atoms with Gasteiger partial charge < -0.3 is 4.52 Å². The zero-order valence-electron chi connectivity index (χ0n) is 8.56. The Labute approximate surface area is 88.0 Å². The monoisotopic (exact) mass is 213 g/mol. The first-order valence-corrected chi connectivity index (χ1v) is 6.05. The fourth-order valence-electron chi connectivity index (χ4n) is 1.60. The fraction of sp³-hybridized carbons (Fsp3) is 0.778. The van der Waals surface area contributed by atoms with Crippen LogP contribution in [0, 0.1) is 6.92 Å². The second-order valence-corrected chi connectivity index (χ2v) is 4.73. The largest absolute Gasteiger partial charge is 0.338 e. The van der Waals surface area contributed by atoms with Crippen molar-refractivity contribution in [3.8, 4) is 0 Å². The smallest absolute Gasteiger partial charge is 0.243 e. The van der Waals surface area contributed by atoms with Crippen LogP contribution < -0.4 is 0 Å². The van der Waals surface area contributed by atoms with E-state index in [9.17, 15) is 0 Å². The van der Waals surface area contributed by atoms with Crippen LogP contribution in [0.25, 0.3) is 0 Å². The molecule has 5 heteroatoms. The molecular formula is C9H15N3OS. The van der Waals surface area contributed by atoms with E-state index in [1.807, 2.05) is 18.7 Å². The van der Waals surface area contributed by atoms with Gasteiger partial charge in [0.1, 0.15) is 0 Å². The van der Waals surface area contributed by atoms with E-state index in [1.165, 1.54) is 11.5 Å². The Morgan fingerprint density at radius 3 is 2.71 bits per heavy atom. The SMILES string of the molecule is Cc1noc(C(C)N2CCSCC2)n1. The summed E-state index contributed by atoms with van der Waals surface area (Å²) in [4.78, 5) is 6.65. The minimum absolute atomic E-state index is 0.261. The zero-order valence-corrected chi connectivity index (χ0v) is 9.38. The summed E-state index contributed by atoms with van der Waals surface area (Å²) >= 11 is 2.01. The lowest BCUT2D eigenvalue weighted by Gasteiger charge is -2.29. The van der Waals surface area contributed by atoms with Gasteiger partial charge in [-0.2, -0.15) is 16.7 Å². The Balaban J connectivity index is 2.03. The van der Waals surface area contributed by atoms with Gasteiger partial charge in [0.05, 0.1) is 6.04 Å². The third-order valence-electron chi connectivity index (χ3n) is 2.49. The van der Waals surface area contributed by atoms with Crippen molar-refractivity contribution in [3.05, 3.63) is 11.7 Å². The van der Waals surface area contributed by atoms with Crippen LogP contribution in [-0.4, -0.2) is 39.6 Å². The molecule has 1 aromatic heterocycles. The summed E-state index contributed by atoms with van der Waals surface area (Å²) in [6, 6.07) is 0.261. The minimum Gasteiger partial charge on any atom is -0.338 e. The van der Waals surface area contributed by atoms with Crippen LogP contribution in [0.3, 0.4) is 0 Å². The van der Waals surface area contributed by atoms with Gasteiger partial charge in [0.25, 0.3) is 0 Å². The molecule has 14 heavy (non-hydrogen) atoms. The second kappa shape index (κ2) is 4.31. The van der Waals surface area contributed by atoms with Gasteiger partial charge in [0.15, 0.2) is 5.82 Å². The summed E-state index contributed by atoms with van der Waals surface area (Å²) in [5, 5.41) is 3.81. The van der Waals surface area contributed by atoms with Crippen LogP contribution in [0.2, 0.25) is 0 Å². The van der Waals surface area contributed by atoms with Crippen molar-refractivity contribution in [3.63, 3.8) is 0 Å². The molecule has 4 nitrogen and oxygen atoms in total. The number of aromatic nitrogens is 2. The van der Waals surface area contributed by atoms with Crippen LogP contribution in [0.4, 0.5) is 0 Å². The fourth-order valence-corrected chi connectivity index (χ4v) is 2.54. The third-order valence-corrected chi connectivity index (χ3v) is 3.44. The first-order chi connectivity index (χ1) is 6.77. The standard InChI is InChI=1S/C9H15N3OS/c1-7(9-10-8(2)11-13-9)12-3-5-14-6-4-12/h7H,3-6H2,1-2H3. The molecule has 78 valence electrons. The predicted molar refractivity (Wildman–Crippen MR) is 56.3 cm³/mol. The molecule has 1 aromatic rings. The van der Waals surface area contributed by atoms with Crippen LogP contribution in [0.1, 0.15) is 24.7 Å². The summed E-state index contributed by atoms with van der Waals surface area (Å²) in [6.45, 7) is 6.22. The maximum Gasteiger partial charge on any atom is 0.243 e. The van der Waals surface area contributed by atoms with E-state index in [-0.39, 0.29) is 6.04 Å². The van der Waals surface area contributed by atoms with E-state index in [0.717, 1.165) is 24.8 Å². The Hall–Kier alpha value is -0.550. The summed E-state index contributed by atoms with van der Waals surface area (Å²) in [7, 11) is 0. The molecule has 1 atom stereocenters. The molecule has 2 rings (SSSR count). The molecular weight excluding hydrogens is 198 g/mol. The van der Waals surface area contributed by atoms with Crippen molar-refractivity contribution in [2.75, 3.05) is 24.6 Å². The Kier molecular flexibility index (Phi) is 3.08. The topological polar surface area (TPSA) is 42.2 Å². The van der Waals surface area contributed by atoms with Crippen molar-refractivity contribution in [1.82, 2.24) is 15.0 Å². The van der Waals surface area contributed by atoms with Gasteiger partial charge in [-0.15, -0.1) is 0 Å². The minimum atomic E-state index is 0.261. The summed E-state index contributed by atoms with van der Waals surface area (Å²) in [5.74, 6) is 3.88. The molecule has 1 saturated heterocycles. The van der Waals surface area contributed by atoms with E-state index >= 15 is 0 Å². The van der Waals surface area contributed by atoms with E-state index in [4.69, 9.17) is 4.52 Å². The van der Waals surface area contributed by atoms with Crippen LogP contribution in [-0.2, 0) is 0 Å². The Morgan fingerprint density at radius 2 is 2.14 bits per heavy atom. The highest BCUT2D eigenvalue weighted by Crippen LogP contribution is 2.21. The molecule has 0 radical (unpaired) electrons. The molecule has 1 aliphatic heterocycles. The zero-order chi connectivity index (χ0) is 9.97. The summed E-state index contributed by atoms with van der Waals surface area (Å²) < 4.78 is 5.17. The van der Waals surface area contributed by atoms with Gasteiger partial charge in [0, 0.05) is 24.6 Å². The van der Waals surface area contributed by atoms with Crippen LogP contribution in [0.5, 0.6) is 0 Å². The van der Waals surface area contributed by atoms with Crippen molar-refractivity contribution in [1.29, 1.82) is 0 Å². The maximum absolute atomic E-state index is 5.17. The van der Waals surface area contributed by atoms with E-state index in [0.29, 0.717) is 0 Å². The van der Waals surface area contributed by atoms with Gasteiger partial charge in [-0.1, -0.05) is 5.16 Å². The highest BCUT2D eigenvalue weighted by atomic mass is 32.2. The van der Waals surface area contributed by atoms with E-state index < -0.39 is 0 Å². The molecule has 1 fully saturated rings. The van der Waals surface area contributed by atoms with Gasteiger partial charge in [-0.25, -0.2) is 0 Å². The average Bonchev–Trinajstić information content (AvgIpc) is 2.65. The highest BCUT2D eigenvalue weighted by molar-refractivity contribution is 7.99. The molecule has 1 unspecified atom stereocenters. The molecule has 1 aliphatic rings. The number of thioether (sulfide) groups is 1. The first kappa shape index (κ1) is 9.98. The van der Waals surface area contributed by atoms with E-state index in [1.54, 1.807) is 0 Å². The van der Waals surface area contributed by atoms with Gasteiger partial charge >= 0.3 is 0 Å². The molecule has 0 spiro atoms. The molecule has 0 N–H and O–H groups in total. The Morgan fingerprint density at radius 1 is 1.43 bits per heavy atom. The van der Waals surface area contributed by atoms with Crippen molar-refractivity contribution >= 4 is 11.8 Å². The van der Waals surface area contributed by atoms with Crippen LogP contribution in [0.15, 0.2) is 4.52 Å². The molecule has 0 aliphatic carbocycles. The molecule has 0 bridgehead atoms. The molecule has 0 amide bonds. The Bertz CT molecular complexity index is 296. The molecule has 0 saturated carbocycles. The van der Waals surface area contributed by atoms with Gasteiger partial charge in [-0.3, -0.25) is 4.90 Å². The van der Waals surface area contributed by atoms with Crippen molar-refractivity contribution in [2.24, 2.45) is 0 Å². The number of hydrogen-bond acceptors (Lipinski definition) is 5. The van der Waals surface area contributed by atoms with Crippen LogP contribution >= 0.6 is 11.8 Å². The molecule has 2 heterocycles. The lowest BCUT2D eigenvalue weighted by molar-refractivity contribution is 0.189. The lowest BCUT2D eigenvalue weighted by atomic mass is 10.3. The quantitative estimate of drug-likeness (QED) is 0.744. The highest BCUT2D eigenvalue weighted by Gasteiger charge is 2.22. The average molecular weight is 213 g/mol. The maximum atomic E-state index is 5.17. The van der Waals surface area contributed by atoms with Gasteiger partial charge in [-0.05, 0) is 13.8 Å². The summed E-state index contributed by atoms with van der Waals surface area (Å²) in [6.07, 6.45) is 0. The first-order valence-electron chi connectivity index (χ1n) is 4.89.